The van der Waals surface area contributed by atoms with Crippen molar-refractivity contribution in [3.8, 4) is 5.75 Å². The van der Waals surface area contributed by atoms with Crippen molar-refractivity contribution < 1.29 is 9.53 Å². The second-order valence-electron chi connectivity index (χ2n) is 3.40. The minimum Gasteiger partial charge on any atom is -0.495 e. The second kappa shape index (κ2) is 5.61. The molecule has 0 aliphatic heterocycles. The van der Waals surface area contributed by atoms with Gasteiger partial charge in [-0.2, -0.15) is 0 Å². The molecule has 1 aromatic carbocycles. The first-order chi connectivity index (χ1) is 8.60. The van der Waals surface area contributed by atoms with Gasteiger partial charge in [0.25, 0.3) is 5.91 Å². The third-order valence-corrected chi connectivity index (χ3v) is 3.67. The lowest BCUT2D eigenvalue weighted by molar-refractivity contribution is 0.103. The lowest BCUT2D eigenvalue weighted by Gasteiger charge is -2.09. The summed E-state index contributed by atoms with van der Waals surface area (Å²) >= 11 is 12.9. The molecule has 6 heteroatoms. The molecule has 0 radical (unpaired) electrons. The molecule has 1 heterocycles. The van der Waals surface area contributed by atoms with Crippen LogP contribution in [0, 0.1) is 0 Å². The number of rotatable bonds is 3. The second-order valence-corrected chi connectivity index (χ2v) is 5.55. The van der Waals surface area contributed by atoms with E-state index in [0.29, 0.717) is 25.7 Å². The Morgan fingerprint density at radius 2 is 2.06 bits per heavy atom. The van der Waals surface area contributed by atoms with E-state index in [-0.39, 0.29) is 5.91 Å². The predicted octanol–water partition coefficient (Wildman–Crippen LogP) is 4.32. The van der Waals surface area contributed by atoms with Crippen LogP contribution in [-0.2, 0) is 0 Å². The molecule has 1 aromatic heterocycles. The molecule has 1 amide bonds. The highest BCUT2D eigenvalue weighted by molar-refractivity contribution is 7.18. The molecule has 94 valence electrons. The highest BCUT2D eigenvalue weighted by Gasteiger charge is 2.12. The van der Waals surface area contributed by atoms with Gasteiger partial charge in [0.2, 0.25) is 0 Å². The van der Waals surface area contributed by atoms with E-state index in [1.165, 1.54) is 18.4 Å². The first-order valence-electron chi connectivity index (χ1n) is 5.00. The van der Waals surface area contributed by atoms with E-state index >= 15 is 0 Å². The smallest absolute Gasteiger partial charge is 0.265 e. The van der Waals surface area contributed by atoms with Crippen LogP contribution < -0.4 is 10.1 Å². The number of carbonyl (C=O) groups excluding carboxylic acids is 1. The lowest BCUT2D eigenvalue weighted by Crippen LogP contribution is -2.10. The average Bonchev–Trinajstić information content (AvgIpc) is 2.76. The van der Waals surface area contributed by atoms with Crippen LogP contribution in [0.25, 0.3) is 0 Å². The quantitative estimate of drug-likeness (QED) is 0.917. The monoisotopic (exact) mass is 301 g/mol. The normalized spacial score (nSPS) is 10.2. The highest BCUT2D eigenvalue weighted by atomic mass is 35.5. The van der Waals surface area contributed by atoms with Gasteiger partial charge < -0.3 is 10.1 Å². The zero-order valence-electron chi connectivity index (χ0n) is 9.37. The van der Waals surface area contributed by atoms with Gasteiger partial charge in [-0.1, -0.05) is 23.2 Å². The Balaban J connectivity index is 2.23. The number of ether oxygens (including phenoxy) is 1. The first kappa shape index (κ1) is 13.2. The summed E-state index contributed by atoms with van der Waals surface area (Å²) in [6, 6.07) is 8.36. The SMILES string of the molecule is COc1ccc(Cl)cc1NC(=O)c1ccc(Cl)s1. The molecule has 2 aromatic rings. The molecule has 2 rings (SSSR count). The first-order valence-corrected chi connectivity index (χ1v) is 6.57. The van der Waals surface area contributed by atoms with E-state index in [1.54, 1.807) is 30.3 Å². The Labute approximate surface area is 118 Å². The Morgan fingerprint density at radius 1 is 1.28 bits per heavy atom. The third kappa shape index (κ3) is 2.96. The number of amides is 1. The molecular formula is C12H9Cl2NO2S. The largest absolute Gasteiger partial charge is 0.495 e. The van der Waals surface area contributed by atoms with Crippen molar-refractivity contribution in [2.45, 2.75) is 0 Å². The number of halogens is 2. The van der Waals surface area contributed by atoms with Crippen LogP contribution in [0.2, 0.25) is 9.36 Å². The van der Waals surface area contributed by atoms with Crippen molar-refractivity contribution in [1.29, 1.82) is 0 Å². The van der Waals surface area contributed by atoms with Crippen molar-refractivity contribution in [1.82, 2.24) is 0 Å². The number of methoxy groups -OCH3 is 1. The zero-order chi connectivity index (χ0) is 13.1. The topological polar surface area (TPSA) is 38.3 Å². The maximum atomic E-state index is 11.9. The van der Waals surface area contributed by atoms with E-state index in [0.717, 1.165) is 0 Å². The summed E-state index contributed by atoms with van der Waals surface area (Å²) in [4.78, 5) is 12.5. The number of anilines is 1. The minimum atomic E-state index is -0.243. The van der Waals surface area contributed by atoms with Crippen molar-refractivity contribution in [3.05, 3.63) is 44.6 Å². The van der Waals surface area contributed by atoms with Crippen LogP contribution in [0.5, 0.6) is 5.75 Å². The number of hydrogen-bond donors (Lipinski definition) is 1. The fourth-order valence-corrected chi connectivity index (χ4v) is 2.51. The van der Waals surface area contributed by atoms with E-state index in [4.69, 9.17) is 27.9 Å². The molecule has 0 fully saturated rings. The fraction of sp³-hybridized carbons (Fsp3) is 0.0833. The van der Waals surface area contributed by atoms with Crippen molar-refractivity contribution >= 4 is 46.1 Å². The van der Waals surface area contributed by atoms with Gasteiger partial charge in [-0.05, 0) is 30.3 Å². The lowest BCUT2D eigenvalue weighted by atomic mass is 10.3. The molecule has 0 atom stereocenters. The van der Waals surface area contributed by atoms with Crippen LogP contribution in [0.15, 0.2) is 30.3 Å². The van der Waals surface area contributed by atoms with E-state index in [1.807, 2.05) is 0 Å². The van der Waals surface area contributed by atoms with Crippen molar-refractivity contribution in [3.63, 3.8) is 0 Å². The highest BCUT2D eigenvalue weighted by Crippen LogP contribution is 2.29. The number of nitrogens with one attached hydrogen (secondary N) is 1. The van der Waals surface area contributed by atoms with Gasteiger partial charge in [-0.15, -0.1) is 11.3 Å². The van der Waals surface area contributed by atoms with Gasteiger partial charge in [-0.25, -0.2) is 0 Å². The average molecular weight is 302 g/mol. The Kier molecular flexibility index (Phi) is 4.11. The third-order valence-electron chi connectivity index (χ3n) is 2.21. The maximum absolute atomic E-state index is 11.9. The van der Waals surface area contributed by atoms with E-state index in [9.17, 15) is 4.79 Å². The molecule has 0 saturated heterocycles. The van der Waals surface area contributed by atoms with Crippen LogP contribution in [0.1, 0.15) is 9.67 Å². The molecular weight excluding hydrogens is 293 g/mol. The predicted molar refractivity (Wildman–Crippen MR) is 75.3 cm³/mol. The maximum Gasteiger partial charge on any atom is 0.265 e. The molecule has 1 N–H and O–H groups in total. The molecule has 0 spiro atoms. The number of benzene rings is 1. The number of thiophene rings is 1. The Morgan fingerprint density at radius 3 is 2.67 bits per heavy atom. The molecule has 0 aliphatic rings. The van der Waals surface area contributed by atoms with Crippen molar-refractivity contribution in [2.24, 2.45) is 0 Å². The summed E-state index contributed by atoms with van der Waals surface area (Å²) in [6.07, 6.45) is 0. The van der Waals surface area contributed by atoms with Gasteiger partial charge in [0.05, 0.1) is 22.0 Å². The molecule has 0 bridgehead atoms. The summed E-state index contributed by atoms with van der Waals surface area (Å²) in [6.45, 7) is 0. The van der Waals surface area contributed by atoms with E-state index < -0.39 is 0 Å². The fourth-order valence-electron chi connectivity index (χ4n) is 1.40. The van der Waals surface area contributed by atoms with Crippen LogP contribution in [-0.4, -0.2) is 13.0 Å². The van der Waals surface area contributed by atoms with Crippen molar-refractivity contribution in [2.75, 3.05) is 12.4 Å². The van der Waals surface area contributed by atoms with Crippen LogP contribution >= 0.6 is 34.5 Å². The molecule has 3 nitrogen and oxygen atoms in total. The minimum absolute atomic E-state index is 0.243. The van der Waals surface area contributed by atoms with Crippen LogP contribution in [0.4, 0.5) is 5.69 Å². The summed E-state index contributed by atoms with van der Waals surface area (Å²) < 4.78 is 5.71. The standard InChI is InChI=1S/C12H9Cl2NO2S/c1-17-9-3-2-7(13)6-8(9)15-12(16)10-4-5-11(14)18-10/h2-6H,1H3,(H,15,16). The van der Waals surface area contributed by atoms with Crippen LogP contribution in [0.3, 0.4) is 0 Å². The Bertz CT molecular complexity index is 583. The van der Waals surface area contributed by atoms with E-state index in [2.05, 4.69) is 5.32 Å². The van der Waals surface area contributed by atoms with Gasteiger partial charge in [0.1, 0.15) is 5.75 Å². The Hall–Kier alpha value is -1.23. The molecule has 0 saturated carbocycles. The number of hydrogen-bond acceptors (Lipinski definition) is 3. The van der Waals surface area contributed by atoms with Gasteiger partial charge >= 0.3 is 0 Å². The zero-order valence-corrected chi connectivity index (χ0v) is 11.7. The van der Waals surface area contributed by atoms with Gasteiger partial charge in [0.15, 0.2) is 0 Å². The summed E-state index contributed by atoms with van der Waals surface area (Å²) in [5.74, 6) is 0.308. The summed E-state index contributed by atoms with van der Waals surface area (Å²) in [5.41, 5.74) is 0.527. The van der Waals surface area contributed by atoms with Gasteiger partial charge in [-0.3, -0.25) is 4.79 Å². The summed E-state index contributed by atoms with van der Waals surface area (Å²) in [7, 11) is 1.53. The molecule has 0 unspecified atom stereocenters. The number of carbonyl (C=O) groups is 1. The summed E-state index contributed by atoms with van der Waals surface area (Å²) in [5, 5.41) is 3.26. The molecule has 0 aliphatic carbocycles. The van der Waals surface area contributed by atoms with Gasteiger partial charge in [0, 0.05) is 5.02 Å². The molecule has 18 heavy (non-hydrogen) atoms.